The summed E-state index contributed by atoms with van der Waals surface area (Å²) in [7, 11) is -1.20. The van der Waals surface area contributed by atoms with Crippen LogP contribution in [-0.4, -0.2) is 27.3 Å². The number of ether oxygens (including phenoxy) is 2. The summed E-state index contributed by atoms with van der Waals surface area (Å²) in [4.78, 5) is 0. The lowest BCUT2D eigenvalue weighted by molar-refractivity contribution is -0.0862. The van der Waals surface area contributed by atoms with Gasteiger partial charge in [-0.3, -0.25) is 0 Å². The monoisotopic (exact) mass is 441 g/mol. The predicted molar refractivity (Wildman–Crippen MR) is 110 cm³/mol. The van der Waals surface area contributed by atoms with Gasteiger partial charge < -0.3 is 14.2 Å². The highest BCUT2D eigenvalue weighted by Crippen LogP contribution is 2.39. The Kier molecular flexibility index (Phi) is 5.58. The summed E-state index contributed by atoms with van der Waals surface area (Å²) < 4.78 is 28.7. The topological polar surface area (TPSA) is 47.6 Å². The van der Waals surface area contributed by atoms with E-state index in [1.54, 1.807) is 0 Å². The van der Waals surface area contributed by atoms with Crippen molar-refractivity contribution in [3.8, 4) is 5.75 Å². The van der Waals surface area contributed by atoms with Crippen molar-refractivity contribution in [1.29, 1.82) is 0 Å². The van der Waals surface area contributed by atoms with Crippen molar-refractivity contribution < 1.29 is 13.7 Å². The molecule has 0 amide bonds. The van der Waals surface area contributed by atoms with E-state index in [2.05, 4.69) is 40.6 Å². The third-order valence-corrected chi connectivity index (χ3v) is 6.80. The first-order valence-electron chi connectivity index (χ1n) is 9.06. The Balaban J connectivity index is 1.93. The quantitative estimate of drug-likeness (QED) is 0.731. The molecule has 1 aromatic carbocycles. The molecule has 3 unspecified atom stereocenters. The molecular weight excluding hydrogens is 414 g/mol. The van der Waals surface area contributed by atoms with Gasteiger partial charge in [-0.15, -0.1) is 0 Å². The lowest BCUT2D eigenvalue weighted by Gasteiger charge is -2.40. The van der Waals surface area contributed by atoms with E-state index in [1.807, 2.05) is 39.0 Å². The largest absolute Gasteiger partial charge is 0.485 e. The van der Waals surface area contributed by atoms with Crippen LogP contribution in [0.25, 0.3) is 5.70 Å². The van der Waals surface area contributed by atoms with Gasteiger partial charge in [0.15, 0.2) is 0 Å². The van der Waals surface area contributed by atoms with Crippen molar-refractivity contribution >= 4 is 32.6 Å². The first kappa shape index (κ1) is 19.9. The fraction of sp³-hybridized carbons (Fsp3) is 0.600. The maximum atomic E-state index is 12.7. The lowest BCUT2D eigenvalue weighted by Crippen LogP contribution is -2.41. The van der Waals surface area contributed by atoms with Crippen molar-refractivity contribution in [3.63, 3.8) is 0 Å². The number of halogens is 1. The molecule has 4 nitrogen and oxygen atoms in total. The predicted octanol–water partition coefficient (Wildman–Crippen LogP) is 4.81. The van der Waals surface area contributed by atoms with Gasteiger partial charge in [0, 0.05) is 22.6 Å². The Morgan fingerprint density at radius 3 is 2.69 bits per heavy atom. The Bertz CT molecular complexity index is 739. The molecule has 0 bridgehead atoms. The molecule has 1 N–H and O–H groups in total. The molecule has 1 aromatic rings. The molecule has 2 aliphatic rings. The summed E-state index contributed by atoms with van der Waals surface area (Å²) in [6, 6.07) is 5.97. The van der Waals surface area contributed by atoms with Crippen LogP contribution in [-0.2, 0) is 15.7 Å². The third-order valence-electron chi connectivity index (χ3n) is 4.78. The molecule has 2 aliphatic heterocycles. The van der Waals surface area contributed by atoms with Crippen LogP contribution in [0, 0.1) is 5.92 Å². The number of benzene rings is 1. The van der Waals surface area contributed by atoms with E-state index >= 15 is 0 Å². The maximum Gasteiger partial charge on any atom is 0.129 e. The second kappa shape index (κ2) is 7.28. The molecule has 0 saturated carbocycles. The molecule has 0 aromatic heterocycles. The number of hydrogen-bond donors (Lipinski definition) is 1. The molecular formula is C20H28BrNO3S. The minimum Gasteiger partial charge on any atom is -0.485 e. The van der Waals surface area contributed by atoms with Crippen LogP contribution < -0.4 is 9.46 Å². The standard InChI is InChI=1S/C20H28BrNO3S/c1-19(2,3)26(23)22-16-11-18(13-8-9-24-20(4,5)12-13)25-17-7-6-14(21)10-15(16)17/h6-7,10-11,13,18,22H,8-9,12H2,1-5H3. The van der Waals surface area contributed by atoms with E-state index in [0.717, 1.165) is 40.9 Å². The second-order valence-corrected chi connectivity index (χ2v) is 11.5. The molecule has 2 heterocycles. The summed E-state index contributed by atoms with van der Waals surface area (Å²) in [5, 5.41) is 0. The van der Waals surface area contributed by atoms with Gasteiger partial charge in [-0.1, -0.05) is 15.9 Å². The molecule has 6 heteroatoms. The zero-order valence-electron chi connectivity index (χ0n) is 16.1. The summed E-state index contributed by atoms with van der Waals surface area (Å²) in [5.74, 6) is 1.20. The number of hydrogen-bond acceptors (Lipinski definition) is 3. The molecule has 0 spiro atoms. The van der Waals surface area contributed by atoms with Crippen LogP contribution in [0.15, 0.2) is 28.7 Å². The first-order valence-corrected chi connectivity index (χ1v) is 11.0. The smallest absolute Gasteiger partial charge is 0.129 e. The van der Waals surface area contributed by atoms with Gasteiger partial charge in [0.05, 0.1) is 16.0 Å². The number of rotatable bonds is 3. The molecule has 144 valence electrons. The van der Waals surface area contributed by atoms with Gasteiger partial charge in [0.25, 0.3) is 0 Å². The van der Waals surface area contributed by atoms with E-state index in [4.69, 9.17) is 9.47 Å². The van der Waals surface area contributed by atoms with Crippen molar-refractivity contribution in [2.75, 3.05) is 6.61 Å². The van der Waals surface area contributed by atoms with E-state index in [-0.39, 0.29) is 16.5 Å². The molecule has 1 fully saturated rings. The third kappa shape index (κ3) is 4.52. The normalized spacial score (nSPS) is 26.3. The van der Waals surface area contributed by atoms with E-state index in [9.17, 15) is 4.21 Å². The highest BCUT2D eigenvalue weighted by molar-refractivity contribution is 9.10. The Labute approximate surface area is 167 Å². The van der Waals surface area contributed by atoms with Crippen molar-refractivity contribution in [3.05, 3.63) is 34.3 Å². The van der Waals surface area contributed by atoms with E-state index in [1.165, 1.54) is 0 Å². The number of nitrogens with one attached hydrogen (secondary N) is 1. The molecule has 26 heavy (non-hydrogen) atoms. The highest BCUT2D eigenvalue weighted by Gasteiger charge is 2.36. The summed E-state index contributed by atoms with van der Waals surface area (Å²) in [6.45, 7) is 10.9. The molecule has 0 radical (unpaired) electrons. The van der Waals surface area contributed by atoms with Gasteiger partial charge in [0.2, 0.25) is 0 Å². The molecule has 3 rings (SSSR count). The fourth-order valence-corrected chi connectivity index (χ4v) is 4.43. The average molecular weight is 442 g/mol. The van der Waals surface area contributed by atoms with Crippen LogP contribution in [0.1, 0.15) is 53.0 Å². The van der Waals surface area contributed by atoms with Crippen LogP contribution in [0.5, 0.6) is 5.75 Å². The zero-order valence-corrected chi connectivity index (χ0v) is 18.5. The summed E-state index contributed by atoms with van der Waals surface area (Å²) >= 11 is 3.53. The molecule has 3 atom stereocenters. The second-order valence-electron chi connectivity index (χ2n) is 8.65. The van der Waals surface area contributed by atoms with Crippen LogP contribution in [0.4, 0.5) is 0 Å². The van der Waals surface area contributed by atoms with Crippen LogP contribution in [0.2, 0.25) is 0 Å². The minimum absolute atomic E-state index is 0.0497. The van der Waals surface area contributed by atoms with Gasteiger partial charge >= 0.3 is 0 Å². The Morgan fingerprint density at radius 2 is 2.04 bits per heavy atom. The van der Waals surface area contributed by atoms with Crippen molar-refractivity contribution in [2.24, 2.45) is 5.92 Å². The number of fused-ring (bicyclic) bond motifs is 1. The average Bonchev–Trinajstić information content (AvgIpc) is 2.53. The summed E-state index contributed by atoms with van der Waals surface area (Å²) in [6.07, 6.45) is 3.96. The Morgan fingerprint density at radius 1 is 1.31 bits per heavy atom. The minimum atomic E-state index is -1.20. The van der Waals surface area contributed by atoms with Gasteiger partial charge in [-0.05, 0) is 71.7 Å². The zero-order chi connectivity index (χ0) is 19.1. The first-order chi connectivity index (χ1) is 12.0. The van der Waals surface area contributed by atoms with Crippen LogP contribution in [0.3, 0.4) is 0 Å². The van der Waals surface area contributed by atoms with Crippen LogP contribution >= 0.6 is 15.9 Å². The Hall–Kier alpha value is -0.850. The SMILES string of the molecule is CC1(C)CC(C2C=C(NS(=O)C(C)(C)C)c3cc(Br)ccc3O2)CCO1. The maximum absolute atomic E-state index is 12.7. The van der Waals surface area contributed by atoms with Gasteiger partial charge in [0.1, 0.15) is 22.8 Å². The molecule has 0 aliphatic carbocycles. The van der Waals surface area contributed by atoms with E-state index in [0.29, 0.717) is 5.92 Å². The van der Waals surface area contributed by atoms with Crippen molar-refractivity contribution in [2.45, 2.75) is 63.9 Å². The van der Waals surface area contributed by atoms with Crippen molar-refractivity contribution in [1.82, 2.24) is 4.72 Å². The lowest BCUT2D eigenvalue weighted by atomic mass is 9.83. The van der Waals surface area contributed by atoms with Gasteiger partial charge in [-0.2, -0.15) is 0 Å². The van der Waals surface area contributed by atoms with Gasteiger partial charge in [-0.25, -0.2) is 4.21 Å². The molecule has 1 saturated heterocycles. The van der Waals surface area contributed by atoms with E-state index < -0.39 is 11.0 Å². The fourth-order valence-electron chi connectivity index (χ4n) is 3.38. The summed E-state index contributed by atoms with van der Waals surface area (Å²) in [5.41, 5.74) is 1.69. The highest BCUT2D eigenvalue weighted by atomic mass is 79.9.